The number of amides is 1. The van der Waals surface area contributed by atoms with Crippen molar-refractivity contribution in [3.05, 3.63) is 76.3 Å². The van der Waals surface area contributed by atoms with Crippen molar-refractivity contribution in [2.24, 2.45) is 0 Å². The summed E-state index contributed by atoms with van der Waals surface area (Å²) in [6.45, 7) is 1.56. The van der Waals surface area contributed by atoms with Crippen LogP contribution >= 0.6 is 11.6 Å². The van der Waals surface area contributed by atoms with E-state index < -0.39 is 23.5 Å². The minimum Gasteiger partial charge on any atom is -0.456 e. The molecule has 1 amide bonds. The van der Waals surface area contributed by atoms with Gasteiger partial charge in [-0.05, 0) is 48.9 Å². The molecule has 150 valence electrons. The number of carbonyl (C=O) groups excluding carboxylic acids is 1. The lowest BCUT2D eigenvalue weighted by molar-refractivity contribution is -0.137. The molecule has 0 aliphatic heterocycles. The average Bonchev–Trinajstić information content (AvgIpc) is 2.63. The molecule has 0 spiro atoms. The van der Waals surface area contributed by atoms with Crippen LogP contribution in [0.1, 0.15) is 21.5 Å². The molecule has 0 saturated carbocycles. The Morgan fingerprint density at radius 1 is 1.10 bits per heavy atom. The van der Waals surface area contributed by atoms with Crippen molar-refractivity contribution in [1.82, 2.24) is 10.2 Å². The summed E-state index contributed by atoms with van der Waals surface area (Å²) in [6, 6.07) is 7.41. The molecule has 0 unspecified atom stereocenters. The molecular formula is C19H12ClF4N3O2. The van der Waals surface area contributed by atoms with Crippen LogP contribution in [0.4, 0.5) is 23.2 Å². The summed E-state index contributed by atoms with van der Waals surface area (Å²) >= 11 is 5.70. The van der Waals surface area contributed by atoms with Crippen molar-refractivity contribution >= 4 is 23.2 Å². The minimum atomic E-state index is -4.67. The maximum absolute atomic E-state index is 13.3. The predicted molar refractivity (Wildman–Crippen MR) is 97.7 cm³/mol. The largest absolute Gasteiger partial charge is 0.456 e. The van der Waals surface area contributed by atoms with Crippen molar-refractivity contribution in [1.29, 1.82) is 0 Å². The maximum atomic E-state index is 13.3. The number of aromatic nitrogens is 2. The Hall–Kier alpha value is -3.20. The van der Waals surface area contributed by atoms with Crippen molar-refractivity contribution < 1.29 is 27.1 Å². The Balaban J connectivity index is 2.00. The number of anilines is 1. The highest BCUT2D eigenvalue weighted by Gasteiger charge is 2.32. The number of ether oxygens (including phenoxy) is 1. The van der Waals surface area contributed by atoms with E-state index in [1.165, 1.54) is 24.4 Å². The van der Waals surface area contributed by atoms with Gasteiger partial charge in [-0.1, -0.05) is 11.6 Å². The van der Waals surface area contributed by atoms with Crippen molar-refractivity contribution in [2.45, 2.75) is 13.1 Å². The molecule has 1 heterocycles. The van der Waals surface area contributed by atoms with Crippen LogP contribution in [0.5, 0.6) is 11.5 Å². The van der Waals surface area contributed by atoms with Crippen LogP contribution in [0.15, 0.2) is 48.7 Å². The zero-order valence-corrected chi connectivity index (χ0v) is 15.5. The van der Waals surface area contributed by atoms with Crippen LogP contribution in [-0.4, -0.2) is 16.1 Å². The Morgan fingerprint density at radius 2 is 1.83 bits per heavy atom. The Kier molecular flexibility index (Phi) is 5.69. The smallest absolute Gasteiger partial charge is 0.416 e. The second-order valence-electron chi connectivity index (χ2n) is 5.94. The van der Waals surface area contributed by atoms with Gasteiger partial charge in [0, 0.05) is 6.07 Å². The van der Waals surface area contributed by atoms with Gasteiger partial charge in [-0.15, -0.1) is 5.10 Å². The Morgan fingerprint density at radius 3 is 2.48 bits per heavy atom. The third kappa shape index (κ3) is 5.00. The van der Waals surface area contributed by atoms with Gasteiger partial charge in [-0.25, -0.2) is 4.39 Å². The predicted octanol–water partition coefficient (Wildman–Crippen LogP) is 5.64. The van der Waals surface area contributed by atoms with Gasteiger partial charge in [-0.2, -0.15) is 18.3 Å². The molecule has 3 aromatic rings. The van der Waals surface area contributed by atoms with Crippen LogP contribution in [0.3, 0.4) is 0 Å². The number of nitrogens with one attached hydrogen (secondary N) is 1. The monoisotopic (exact) mass is 425 g/mol. The lowest BCUT2D eigenvalue weighted by Gasteiger charge is -2.15. The van der Waals surface area contributed by atoms with Gasteiger partial charge in [0.25, 0.3) is 5.91 Å². The molecule has 0 atom stereocenters. The summed E-state index contributed by atoms with van der Waals surface area (Å²) in [5.74, 6) is -1.33. The fourth-order valence-electron chi connectivity index (χ4n) is 2.43. The third-order valence-corrected chi connectivity index (χ3v) is 3.98. The number of nitrogens with zero attached hydrogens (tertiary/aromatic N) is 2. The molecule has 10 heteroatoms. The molecule has 5 nitrogen and oxygen atoms in total. The van der Waals surface area contributed by atoms with E-state index in [9.17, 15) is 22.4 Å². The first-order chi connectivity index (χ1) is 13.6. The van der Waals surface area contributed by atoms with Gasteiger partial charge < -0.3 is 10.1 Å². The molecule has 0 radical (unpaired) electrons. The molecule has 0 saturated heterocycles. The molecule has 3 rings (SSSR count). The first-order valence-corrected chi connectivity index (χ1v) is 8.46. The van der Waals surface area contributed by atoms with E-state index in [-0.39, 0.29) is 27.9 Å². The van der Waals surface area contributed by atoms with Gasteiger partial charge in [0.1, 0.15) is 17.3 Å². The molecule has 0 aliphatic rings. The van der Waals surface area contributed by atoms with E-state index in [0.717, 1.165) is 18.2 Å². The number of hydrogen-bond donors (Lipinski definition) is 1. The maximum Gasteiger partial charge on any atom is 0.416 e. The van der Waals surface area contributed by atoms with Crippen LogP contribution < -0.4 is 10.1 Å². The van der Waals surface area contributed by atoms with Crippen LogP contribution in [-0.2, 0) is 6.18 Å². The number of halogens is 5. The summed E-state index contributed by atoms with van der Waals surface area (Å²) < 4.78 is 58.3. The van der Waals surface area contributed by atoms with E-state index in [1.807, 2.05) is 0 Å². The van der Waals surface area contributed by atoms with E-state index >= 15 is 0 Å². The Labute approximate surface area is 167 Å². The van der Waals surface area contributed by atoms with Gasteiger partial charge in [0.2, 0.25) is 0 Å². The van der Waals surface area contributed by atoms with Crippen molar-refractivity contribution in [2.75, 3.05) is 5.32 Å². The molecule has 0 aliphatic carbocycles. The molecular weight excluding hydrogens is 414 g/mol. The summed E-state index contributed by atoms with van der Waals surface area (Å²) in [5, 5.41) is 9.46. The lowest BCUT2D eigenvalue weighted by Crippen LogP contribution is -2.15. The summed E-state index contributed by atoms with van der Waals surface area (Å²) in [4.78, 5) is 12.6. The number of benzene rings is 2. The number of hydrogen-bond acceptors (Lipinski definition) is 4. The standard InChI is InChI=1S/C19H12ClF4N3O2/c1-10-6-12(21)3-5-15(10)29-16-4-2-11(19(22,23)24)7-14(16)18(28)26-13-8-17(20)27-25-9-13/h2-9H,1H3,(H,26,27,28). The second-order valence-corrected chi connectivity index (χ2v) is 6.33. The third-order valence-electron chi connectivity index (χ3n) is 3.79. The van der Waals surface area contributed by atoms with E-state index in [2.05, 4.69) is 15.5 Å². The van der Waals surface area contributed by atoms with Crippen molar-refractivity contribution in [3.63, 3.8) is 0 Å². The zero-order valence-electron chi connectivity index (χ0n) is 14.7. The average molecular weight is 426 g/mol. The molecule has 1 aromatic heterocycles. The van der Waals surface area contributed by atoms with Crippen LogP contribution in [0.25, 0.3) is 0 Å². The summed E-state index contributed by atoms with van der Waals surface area (Å²) in [6.07, 6.45) is -3.48. The molecule has 1 N–H and O–H groups in total. The van der Waals surface area contributed by atoms with E-state index in [0.29, 0.717) is 11.6 Å². The highest BCUT2D eigenvalue weighted by Crippen LogP contribution is 2.35. The van der Waals surface area contributed by atoms with Gasteiger partial charge in [0.15, 0.2) is 5.15 Å². The summed E-state index contributed by atoms with van der Waals surface area (Å²) in [7, 11) is 0. The number of alkyl halides is 3. The van der Waals surface area contributed by atoms with Gasteiger partial charge >= 0.3 is 6.18 Å². The lowest BCUT2D eigenvalue weighted by atomic mass is 10.1. The van der Waals surface area contributed by atoms with Gasteiger partial charge in [-0.3, -0.25) is 4.79 Å². The first kappa shape index (κ1) is 20.5. The quantitative estimate of drug-likeness (QED) is 0.549. The number of aryl methyl sites for hydroxylation is 1. The Bertz CT molecular complexity index is 1070. The molecule has 0 fully saturated rings. The molecule has 2 aromatic carbocycles. The molecule has 29 heavy (non-hydrogen) atoms. The minimum absolute atomic E-state index is 0.00903. The van der Waals surface area contributed by atoms with E-state index in [1.54, 1.807) is 6.92 Å². The summed E-state index contributed by atoms with van der Waals surface area (Å²) in [5.41, 5.74) is -0.870. The fourth-order valence-corrected chi connectivity index (χ4v) is 2.59. The van der Waals surface area contributed by atoms with Crippen molar-refractivity contribution in [3.8, 4) is 11.5 Å². The molecule has 0 bridgehead atoms. The fraction of sp³-hybridized carbons (Fsp3) is 0.105. The highest BCUT2D eigenvalue weighted by molar-refractivity contribution is 6.29. The SMILES string of the molecule is Cc1cc(F)ccc1Oc1ccc(C(F)(F)F)cc1C(=O)Nc1cnnc(Cl)c1. The highest BCUT2D eigenvalue weighted by atomic mass is 35.5. The second kappa shape index (κ2) is 8.04. The van der Waals surface area contributed by atoms with Crippen LogP contribution in [0, 0.1) is 12.7 Å². The number of rotatable bonds is 4. The van der Waals surface area contributed by atoms with E-state index in [4.69, 9.17) is 16.3 Å². The normalized spacial score (nSPS) is 11.2. The topological polar surface area (TPSA) is 64.1 Å². The number of carbonyl (C=O) groups is 1. The first-order valence-electron chi connectivity index (χ1n) is 8.08. The zero-order chi connectivity index (χ0) is 21.2. The van der Waals surface area contributed by atoms with Crippen LogP contribution in [0.2, 0.25) is 5.15 Å². The van der Waals surface area contributed by atoms with Gasteiger partial charge in [0.05, 0.1) is 23.0 Å².